The third-order valence-electron chi connectivity index (χ3n) is 3.21. The molecule has 3 aromatic heterocycles. The standard InChI is InChI=1S/C13H14N4O/c1-7-8(2)18-9(3)12(7)13-16-15-11-5-4-10(14)6-17(11)13/h4-6H,14H2,1-3H3. The SMILES string of the molecule is Cc1oc(C)c(-c2nnc3ccc(N)cn23)c1C. The number of hydrogen-bond acceptors (Lipinski definition) is 4. The number of nitrogen functional groups attached to an aromatic ring is 1. The van der Waals surface area contributed by atoms with Gasteiger partial charge in [0, 0.05) is 17.4 Å². The van der Waals surface area contributed by atoms with Crippen LogP contribution in [0.25, 0.3) is 17.0 Å². The quantitative estimate of drug-likeness (QED) is 0.711. The highest BCUT2D eigenvalue weighted by molar-refractivity contribution is 5.67. The molecule has 0 radical (unpaired) electrons. The third-order valence-corrected chi connectivity index (χ3v) is 3.21. The highest BCUT2D eigenvalue weighted by atomic mass is 16.3. The molecule has 2 N–H and O–H groups in total. The van der Waals surface area contributed by atoms with Gasteiger partial charge in [0.25, 0.3) is 0 Å². The molecule has 0 saturated carbocycles. The van der Waals surface area contributed by atoms with Gasteiger partial charge in [0.1, 0.15) is 11.5 Å². The number of aromatic nitrogens is 3. The van der Waals surface area contributed by atoms with E-state index in [1.807, 2.05) is 43.5 Å². The van der Waals surface area contributed by atoms with Crippen molar-refractivity contribution in [1.82, 2.24) is 14.6 Å². The lowest BCUT2D eigenvalue weighted by molar-refractivity contribution is 0.503. The zero-order valence-corrected chi connectivity index (χ0v) is 10.6. The lowest BCUT2D eigenvalue weighted by Crippen LogP contribution is -1.94. The molecule has 0 atom stereocenters. The average Bonchev–Trinajstić information content (AvgIpc) is 2.82. The zero-order chi connectivity index (χ0) is 12.9. The lowest BCUT2D eigenvalue weighted by atomic mass is 10.1. The minimum atomic E-state index is 0.680. The van der Waals surface area contributed by atoms with Crippen molar-refractivity contribution in [2.24, 2.45) is 0 Å². The van der Waals surface area contributed by atoms with Crippen molar-refractivity contribution in [1.29, 1.82) is 0 Å². The van der Waals surface area contributed by atoms with Crippen molar-refractivity contribution in [3.05, 3.63) is 35.4 Å². The number of fused-ring (bicyclic) bond motifs is 1. The monoisotopic (exact) mass is 242 g/mol. The minimum Gasteiger partial charge on any atom is -0.466 e. The van der Waals surface area contributed by atoms with E-state index in [1.54, 1.807) is 0 Å². The highest BCUT2D eigenvalue weighted by Crippen LogP contribution is 2.30. The van der Waals surface area contributed by atoms with Gasteiger partial charge in [-0.3, -0.25) is 4.40 Å². The Hall–Kier alpha value is -2.30. The van der Waals surface area contributed by atoms with Crippen LogP contribution in [0.15, 0.2) is 22.7 Å². The second kappa shape index (κ2) is 3.60. The summed E-state index contributed by atoms with van der Waals surface area (Å²) in [6, 6.07) is 3.66. The van der Waals surface area contributed by atoms with Gasteiger partial charge in [-0.15, -0.1) is 10.2 Å². The molecule has 0 fully saturated rings. The highest BCUT2D eigenvalue weighted by Gasteiger charge is 2.18. The summed E-state index contributed by atoms with van der Waals surface area (Å²) in [6.45, 7) is 5.90. The molecule has 92 valence electrons. The fourth-order valence-electron chi connectivity index (χ4n) is 2.20. The molecule has 0 spiro atoms. The van der Waals surface area contributed by atoms with Crippen LogP contribution in [0.3, 0.4) is 0 Å². The Morgan fingerprint density at radius 3 is 2.56 bits per heavy atom. The molecular weight excluding hydrogens is 228 g/mol. The summed E-state index contributed by atoms with van der Waals surface area (Å²) >= 11 is 0. The van der Waals surface area contributed by atoms with Crippen LogP contribution < -0.4 is 5.73 Å². The van der Waals surface area contributed by atoms with Gasteiger partial charge in [-0.1, -0.05) is 0 Å². The number of aryl methyl sites for hydroxylation is 2. The van der Waals surface area contributed by atoms with E-state index in [4.69, 9.17) is 10.2 Å². The fraction of sp³-hybridized carbons (Fsp3) is 0.231. The second-order valence-electron chi connectivity index (χ2n) is 4.43. The number of nitrogens with zero attached hydrogens (tertiary/aromatic N) is 3. The van der Waals surface area contributed by atoms with E-state index < -0.39 is 0 Å². The summed E-state index contributed by atoms with van der Waals surface area (Å²) in [5, 5.41) is 8.38. The number of furan rings is 1. The molecule has 3 heterocycles. The first-order valence-electron chi connectivity index (χ1n) is 5.75. The summed E-state index contributed by atoms with van der Waals surface area (Å²) in [6.07, 6.45) is 1.83. The van der Waals surface area contributed by atoms with Crippen LogP contribution in [-0.2, 0) is 0 Å². The average molecular weight is 242 g/mol. The van der Waals surface area contributed by atoms with Crippen LogP contribution in [0.4, 0.5) is 5.69 Å². The first-order valence-corrected chi connectivity index (χ1v) is 5.75. The van der Waals surface area contributed by atoms with Gasteiger partial charge in [-0.05, 0) is 32.9 Å². The maximum Gasteiger partial charge on any atom is 0.172 e. The molecule has 0 aromatic carbocycles. The van der Waals surface area contributed by atoms with E-state index in [1.165, 1.54) is 0 Å². The van der Waals surface area contributed by atoms with Crippen molar-refractivity contribution >= 4 is 11.3 Å². The van der Waals surface area contributed by atoms with Crippen LogP contribution in [0.5, 0.6) is 0 Å². The predicted molar refractivity (Wildman–Crippen MR) is 69.3 cm³/mol. The Bertz CT molecular complexity index is 739. The van der Waals surface area contributed by atoms with E-state index in [2.05, 4.69) is 10.2 Å². The number of nitrogens with two attached hydrogens (primary N) is 1. The third kappa shape index (κ3) is 1.40. The number of pyridine rings is 1. The summed E-state index contributed by atoms with van der Waals surface area (Å²) < 4.78 is 7.52. The van der Waals surface area contributed by atoms with Crippen molar-refractivity contribution in [3.8, 4) is 11.4 Å². The largest absolute Gasteiger partial charge is 0.466 e. The van der Waals surface area contributed by atoms with Gasteiger partial charge in [0.2, 0.25) is 0 Å². The number of rotatable bonds is 1. The number of anilines is 1. The molecule has 0 aliphatic heterocycles. The van der Waals surface area contributed by atoms with Crippen molar-refractivity contribution in [2.75, 3.05) is 5.73 Å². The summed E-state index contributed by atoms with van der Waals surface area (Å²) in [7, 11) is 0. The maximum absolute atomic E-state index is 5.81. The topological polar surface area (TPSA) is 69.3 Å². The van der Waals surface area contributed by atoms with Crippen molar-refractivity contribution < 1.29 is 4.42 Å². The molecule has 0 aliphatic carbocycles. The van der Waals surface area contributed by atoms with E-state index in [0.717, 1.165) is 34.1 Å². The Kier molecular flexibility index (Phi) is 2.16. The second-order valence-corrected chi connectivity index (χ2v) is 4.43. The predicted octanol–water partition coefficient (Wildman–Crippen LogP) is 2.50. The summed E-state index contributed by atoms with van der Waals surface area (Å²) in [5.74, 6) is 2.52. The van der Waals surface area contributed by atoms with Crippen molar-refractivity contribution in [2.45, 2.75) is 20.8 Å². The van der Waals surface area contributed by atoms with Gasteiger partial charge in [-0.2, -0.15) is 0 Å². The molecule has 0 aliphatic rings. The molecule has 0 unspecified atom stereocenters. The summed E-state index contributed by atoms with van der Waals surface area (Å²) in [4.78, 5) is 0. The van der Waals surface area contributed by atoms with E-state index in [0.29, 0.717) is 5.69 Å². The minimum absolute atomic E-state index is 0.680. The van der Waals surface area contributed by atoms with Gasteiger partial charge < -0.3 is 10.2 Å². The number of hydrogen-bond donors (Lipinski definition) is 1. The molecule has 18 heavy (non-hydrogen) atoms. The summed E-state index contributed by atoms with van der Waals surface area (Å²) in [5.41, 5.74) is 9.34. The zero-order valence-electron chi connectivity index (χ0n) is 10.6. The maximum atomic E-state index is 5.81. The molecule has 0 bridgehead atoms. The van der Waals surface area contributed by atoms with Crippen LogP contribution in [0.2, 0.25) is 0 Å². The van der Waals surface area contributed by atoms with Gasteiger partial charge in [0.15, 0.2) is 11.5 Å². The lowest BCUT2D eigenvalue weighted by Gasteiger charge is -2.01. The molecule has 5 nitrogen and oxygen atoms in total. The first-order chi connectivity index (χ1) is 8.58. The molecule has 3 rings (SSSR count). The van der Waals surface area contributed by atoms with Gasteiger partial charge in [-0.25, -0.2) is 0 Å². The van der Waals surface area contributed by atoms with Crippen LogP contribution in [0, 0.1) is 20.8 Å². The fourth-order valence-corrected chi connectivity index (χ4v) is 2.20. The Morgan fingerprint density at radius 1 is 1.11 bits per heavy atom. The smallest absolute Gasteiger partial charge is 0.172 e. The van der Waals surface area contributed by atoms with E-state index >= 15 is 0 Å². The van der Waals surface area contributed by atoms with Crippen LogP contribution >= 0.6 is 0 Å². The Labute approximate surface area is 104 Å². The molecule has 0 amide bonds. The van der Waals surface area contributed by atoms with Crippen LogP contribution in [-0.4, -0.2) is 14.6 Å². The van der Waals surface area contributed by atoms with Crippen LogP contribution in [0.1, 0.15) is 17.1 Å². The van der Waals surface area contributed by atoms with Gasteiger partial charge in [0.05, 0.1) is 5.56 Å². The first kappa shape index (κ1) is 10.8. The van der Waals surface area contributed by atoms with Gasteiger partial charge >= 0.3 is 0 Å². The van der Waals surface area contributed by atoms with E-state index in [9.17, 15) is 0 Å². The molecule has 5 heteroatoms. The Balaban J connectivity index is 2.35. The Morgan fingerprint density at radius 2 is 1.89 bits per heavy atom. The normalized spacial score (nSPS) is 11.3. The van der Waals surface area contributed by atoms with Crippen molar-refractivity contribution in [3.63, 3.8) is 0 Å². The molecule has 3 aromatic rings. The molecular formula is C13H14N4O. The van der Waals surface area contributed by atoms with E-state index in [-0.39, 0.29) is 0 Å². The molecule has 0 saturated heterocycles.